The van der Waals surface area contributed by atoms with E-state index in [1.165, 1.54) is 35.7 Å². The van der Waals surface area contributed by atoms with Gasteiger partial charge in [0, 0.05) is 24.7 Å². The summed E-state index contributed by atoms with van der Waals surface area (Å²) in [5, 5.41) is 2.50. The van der Waals surface area contributed by atoms with E-state index in [9.17, 15) is 22.8 Å². The van der Waals surface area contributed by atoms with Crippen LogP contribution in [0.25, 0.3) is 0 Å². The van der Waals surface area contributed by atoms with Crippen LogP contribution in [0.3, 0.4) is 0 Å². The third-order valence-electron chi connectivity index (χ3n) is 3.78. The molecule has 0 aliphatic heterocycles. The van der Waals surface area contributed by atoms with Crippen LogP contribution in [-0.2, 0) is 11.0 Å². The number of thioether (sulfide) groups is 1. The summed E-state index contributed by atoms with van der Waals surface area (Å²) in [4.78, 5) is 26.3. The first-order chi connectivity index (χ1) is 12.6. The number of benzene rings is 2. The average Bonchev–Trinajstić information content (AvgIpc) is 2.60. The Labute approximate surface area is 159 Å². The molecule has 0 heterocycles. The van der Waals surface area contributed by atoms with Gasteiger partial charge in [-0.25, -0.2) is 0 Å². The van der Waals surface area contributed by atoms with Crippen molar-refractivity contribution < 1.29 is 22.8 Å². The van der Waals surface area contributed by atoms with Gasteiger partial charge in [-0.15, -0.1) is 11.8 Å². The van der Waals surface area contributed by atoms with Gasteiger partial charge in [-0.1, -0.05) is 18.2 Å². The molecule has 1 N–H and O–H groups in total. The Hall–Kier alpha value is -2.48. The molecule has 4 nitrogen and oxygen atoms in total. The van der Waals surface area contributed by atoms with Gasteiger partial charge in [0.05, 0.1) is 16.9 Å². The number of alkyl halides is 3. The van der Waals surface area contributed by atoms with Gasteiger partial charge in [0.15, 0.2) is 0 Å². The maximum Gasteiger partial charge on any atom is 0.416 e. The Bertz CT molecular complexity index is 851. The topological polar surface area (TPSA) is 49.4 Å². The largest absolute Gasteiger partial charge is 0.416 e. The third kappa shape index (κ3) is 5.50. The highest BCUT2D eigenvalue weighted by molar-refractivity contribution is 8.00. The summed E-state index contributed by atoms with van der Waals surface area (Å²) in [5.74, 6) is -0.490. The lowest BCUT2D eigenvalue weighted by Crippen LogP contribution is -2.23. The molecule has 8 heteroatoms. The van der Waals surface area contributed by atoms with Crippen LogP contribution in [0.15, 0.2) is 47.4 Å². The molecule has 2 aromatic carbocycles. The minimum Gasteiger partial charge on any atom is -0.348 e. The minimum atomic E-state index is -4.49. The first kappa shape index (κ1) is 20.8. The highest BCUT2D eigenvalue weighted by Gasteiger charge is 2.32. The zero-order valence-electron chi connectivity index (χ0n) is 15.1. The summed E-state index contributed by atoms with van der Waals surface area (Å²) in [6.07, 6.45) is -4.49. The van der Waals surface area contributed by atoms with Crippen molar-refractivity contribution in [3.63, 3.8) is 0 Å². The molecule has 0 aromatic heterocycles. The van der Waals surface area contributed by atoms with Crippen LogP contribution in [0.2, 0.25) is 0 Å². The van der Waals surface area contributed by atoms with Gasteiger partial charge in [0.2, 0.25) is 5.91 Å². The highest BCUT2D eigenvalue weighted by Crippen LogP contribution is 2.33. The lowest BCUT2D eigenvalue weighted by molar-refractivity contribution is -0.138. The van der Waals surface area contributed by atoms with Crippen LogP contribution in [0.1, 0.15) is 21.5 Å². The maximum absolute atomic E-state index is 13.0. The molecule has 0 saturated carbocycles. The number of nitrogens with one attached hydrogen (secondary N) is 1. The number of halogens is 3. The molecule has 0 unspecified atom stereocenters. The van der Waals surface area contributed by atoms with Gasteiger partial charge >= 0.3 is 6.18 Å². The predicted molar refractivity (Wildman–Crippen MR) is 100.0 cm³/mol. The number of hydrogen-bond donors (Lipinski definition) is 1. The predicted octanol–water partition coefficient (Wildman–Crippen LogP) is 4.45. The SMILES string of the molecule is Cc1ccc(NC(=O)c2ccccc2SCC(=O)N(C)C)cc1C(F)(F)F. The second-order valence-electron chi connectivity index (χ2n) is 6.05. The van der Waals surface area contributed by atoms with E-state index in [0.717, 1.165) is 6.07 Å². The van der Waals surface area contributed by atoms with Crippen LogP contribution in [0, 0.1) is 6.92 Å². The van der Waals surface area contributed by atoms with Gasteiger partial charge in [0.25, 0.3) is 5.91 Å². The number of carbonyl (C=O) groups is 2. The molecule has 0 saturated heterocycles. The van der Waals surface area contributed by atoms with Gasteiger partial charge in [-0.05, 0) is 36.8 Å². The van der Waals surface area contributed by atoms with Crippen LogP contribution in [0.5, 0.6) is 0 Å². The quantitative estimate of drug-likeness (QED) is 0.760. The van der Waals surface area contributed by atoms with E-state index in [1.807, 2.05) is 0 Å². The van der Waals surface area contributed by atoms with Crippen molar-refractivity contribution in [2.45, 2.75) is 18.0 Å². The molecule has 0 fully saturated rings. The number of nitrogens with zero attached hydrogens (tertiary/aromatic N) is 1. The molecule has 0 atom stereocenters. The molecule has 0 radical (unpaired) electrons. The first-order valence-corrected chi connectivity index (χ1v) is 8.99. The third-order valence-corrected chi connectivity index (χ3v) is 4.84. The number of rotatable bonds is 5. The van der Waals surface area contributed by atoms with Crippen molar-refractivity contribution in [1.82, 2.24) is 4.90 Å². The number of carbonyl (C=O) groups excluding carboxylic acids is 2. The lowest BCUT2D eigenvalue weighted by atomic mass is 10.1. The molecule has 0 aliphatic carbocycles. The molecular formula is C19H19F3N2O2S. The number of anilines is 1. The molecule has 2 aromatic rings. The monoisotopic (exact) mass is 396 g/mol. The Morgan fingerprint density at radius 2 is 1.78 bits per heavy atom. The van der Waals surface area contributed by atoms with E-state index < -0.39 is 17.6 Å². The second-order valence-corrected chi connectivity index (χ2v) is 7.07. The summed E-state index contributed by atoms with van der Waals surface area (Å²) >= 11 is 1.20. The van der Waals surface area contributed by atoms with Crippen LogP contribution in [0.4, 0.5) is 18.9 Å². The standard InChI is InChI=1S/C19H19F3N2O2S/c1-12-8-9-13(10-15(12)19(20,21)22)23-18(26)14-6-4-5-7-16(14)27-11-17(25)24(2)3/h4-10H,11H2,1-3H3,(H,23,26). The molecule has 0 aliphatic rings. The molecule has 0 bridgehead atoms. The summed E-state index contributed by atoms with van der Waals surface area (Å²) in [6.45, 7) is 1.36. The summed E-state index contributed by atoms with van der Waals surface area (Å²) in [6, 6.07) is 10.3. The van der Waals surface area contributed by atoms with Gasteiger partial charge in [-0.2, -0.15) is 13.2 Å². The van der Waals surface area contributed by atoms with Crippen LogP contribution >= 0.6 is 11.8 Å². The van der Waals surface area contributed by atoms with E-state index in [-0.39, 0.29) is 22.9 Å². The summed E-state index contributed by atoms with van der Waals surface area (Å²) in [7, 11) is 3.27. The molecule has 0 spiro atoms. The number of hydrogen-bond acceptors (Lipinski definition) is 3. The molecular weight excluding hydrogens is 377 g/mol. The normalized spacial score (nSPS) is 11.2. The fourth-order valence-electron chi connectivity index (χ4n) is 2.25. The van der Waals surface area contributed by atoms with E-state index >= 15 is 0 Å². The maximum atomic E-state index is 13.0. The molecule has 144 valence electrons. The summed E-state index contributed by atoms with van der Waals surface area (Å²) in [5.41, 5.74) is -0.358. The van der Waals surface area contributed by atoms with Crippen molar-refractivity contribution in [3.05, 3.63) is 59.2 Å². The van der Waals surface area contributed by atoms with Crippen molar-refractivity contribution in [2.75, 3.05) is 25.2 Å². The minimum absolute atomic E-state index is 0.0575. The zero-order chi connectivity index (χ0) is 20.2. The van der Waals surface area contributed by atoms with E-state index in [4.69, 9.17) is 0 Å². The molecule has 2 amide bonds. The zero-order valence-corrected chi connectivity index (χ0v) is 15.9. The van der Waals surface area contributed by atoms with Gasteiger partial charge < -0.3 is 10.2 Å². The highest BCUT2D eigenvalue weighted by atomic mass is 32.2. The van der Waals surface area contributed by atoms with Crippen LogP contribution < -0.4 is 5.32 Å². The first-order valence-electron chi connectivity index (χ1n) is 8.00. The van der Waals surface area contributed by atoms with Crippen molar-refractivity contribution in [1.29, 1.82) is 0 Å². The number of amides is 2. The van der Waals surface area contributed by atoms with E-state index in [0.29, 0.717) is 10.5 Å². The fourth-order valence-corrected chi connectivity index (χ4v) is 3.28. The summed E-state index contributed by atoms with van der Waals surface area (Å²) < 4.78 is 39.1. The molecule has 27 heavy (non-hydrogen) atoms. The Morgan fingerprint density at radius 1 is 1.11 bits per heavy atom. The number of aryl methyl sites for hydroxylation is 1. The fraction of sp³-hybridized carbons (Fsp3) is 0.263. The second kappa shape index (κ2) is 8.47. The Morgan fingerprint density at radius 3 is 2.41 bits per heavy atom. The molecule has 2 rings (SSSR count). The smallest absolute Gasteiger partial charge is 0.348 e. The van der Waals surface area contributed by atoms with E-state index in [2.05, 4.69) is 5.32 Å². The average molecular weight is 396 g/mol. The van der Waals surface area contributed by atoms with Crippen molar-refractivity contribution in [3.8, 4) is 0 Å². The Balaban J connectivity index is 2.21. The van der Waals surface area contributed by atoms with Gasteiger partial charge in [0.1, 0.15) is 0 Å². The van der Waals surface area contributed by atoms with Crippen molar-refractivity contribution >= 4 is 29.3 Å². The van der Waals surface area contributed by atoms with E-state index in [1.54, 1.807) is 38.4 Å². The van der Waals surface area contributed by atoms with Crippen molar-refractivity contribution in [2.24, 2.45) is 0 Å². The lowest BCUT2D eigenvalue weighted by Gasteiger charge is -2.14. The van der Waals surface area contributed by atoms with Crippen LogP contribution in [-0.4, -0.2) is 36.6 Å². The Kier molecular flexibility index (Phi) is 6.54. The van der Waals surface area contributed by atoms with Gasteiger partial charge in [-0.3, -0.25) is 9.59 Å².